The Kier molecular flexibility index (Phi) is 50.0. The lowest BCUT2D eigenvalue weighted by Crippen LogP contribution is -2.30. The molecule has 65 heavy (non-hydrogen) atoms. The first-order valence-corrected chi connectivity index (χ1v) is 26.7. The number of carbonyl (C=O) groups excluding carboxylic acids is 3. The van der Waals surface area contributed by atoms with E-state index in [1.54, 1.807) is 0 Å². The van der Waals surface area contributed by atoms with Crippen LogP contribution in [0, 0.1) is 0 Å². The van der Waals surface area contributed by atoms with Gasteiger partial charge in [0.25, 0.3) is 0 Å². The molecule has 0 aromatic carbocycles. The molecule has 0 aromatic rings. The fraction of sp³-hybridized carbons (Fsp3) is 0.678. The highest BCUT2D eigenvalue weighted by Gasteiger charge is 2.19. The van der Waals surface area contributed by atoms with E-state index in [4.69, 9.17) is 14.2 Å². The van der Waals surface area contributed by atoms with Gasteiger partial charge in [0.15, 0.2) is 6.10 Å². The summed E-state index contributed by atoms with van der Waals surface area (Å²) in [5, 5.41) is 0. The summed E-state index contributed by atoms with van der Waals surface area (Å²) in [7, 11) is 0. The quantitative estimate of drug-likeness (QED) is 0.0262. The fourth-order valence-electron chi connectivity index (χ4n) is 7.04. The summed E-state index contributed by atoms with van der Waals surface area (Å²) in [6.07, 6.45) is 69.8. The molecule has 0 amide bonds. The normalized spacial score (nSPS) is 12.8. The molecule has 0 aliphatic carbocycles. The number of esters is 3. The standard InChI is InChI=1S/C59H98O6/c1-4-7-10-13-16-19-22-23-24-25-26-27-28-29-30-31-32-33-34-35-36-37-38-41-43-46-49-52-58(61)64-55-56(65-59(62)53-50-47-44-40-21-18-15-12-9-6-3)54-63-57(60)51-48-45-42-39-20-17-14-11-8-5-2/h7,10-12,14-16,19,23-24,26-27,29-30,32-33,56H,4-6,8-9,13,17-18,20-22,25,28,31,34-55H2,1-3H3/b10-7-,14-11-,15-12-,19-16-,24-23-,27-26-,30-29-,33-32-. The van der Waals surface area contributed by atoms with E-state index in [2.05, 4.69) is 118 Å². The second-order valence-corrected chi connectivity index (χ2v) is 17.4. The molecule has 0 aliphatic rings. The molecule has 1 atom stereocenters. The third kappa shape index (κ3) is 51.2. The molecule has 370 valence electrons. The van der Waals surface area contributed by atoms with Crippen LogP contribution in [0.1, 0.15) is 239 Å². The van der Waals surface area contributed by atoms with Crippen LogP contribution in [-0.2, 0) is 28.6 Å². The lowest BCUT2D eigenvalue weighted by molar-refractivity contribution is -0.167. The van der Waals surface area contributed by atoms with Crippen LogP contribution >= 0.6 is 0 Å². The first-order chi connectivity index (χ1) is 32.0. The van der Waals surface area contributed by atoms with Crippen molar-refractivity contribution >= 4 is 17.9 Å². The van der Waals surface area contributed by atoms with Crippen LogP contribution in [0.25, 0.3) is 0 Å². The van der Waals surface area contributed by atoms with Crippen molar-refractivity contribution in [2.24, 2.45) is 0 Å². The van der Waals surface area contributed by atoms with E-state index in [1.807, 2.05) is 0 Å². The Labute approximate surface area is 400 Å². The summed E-state index contributed by atoms with van der Waals surface area (Å²) < 4.78 is 16.7. The number of hydrogen-bond acceptors (Lipinski definition) is 6. The predicted octanol–water partition coefficient (Wildman–Crippen LogP) is 17.8. The minimum absolute atomic E-state index is 0.0884. The van der Waals surface area contributed by atoms with Gasteiger partial charge in [0.1, 0.15) is 13.2 Å². The second-order valence-electron chi connectivity index (χ2n) is 17.4. The summed E-state index contributed by atoms with van der Waals surface area (Å²) in [6, 6.07) is 0. The molecule has 0 N–H and O–H groups in total. The number of unbranched alkanes of at least 4 members (excludes halogenated alkanes) is 20. The van der Waals surface area contributed by atoms with E-state index >= 15 is 0 Å². The summed E-state index contributed by atoms with van der Waals surface area (Å²) in [6.45, 7) is 6.37. The Morgan fingerprint density at radius 3 is 0.954 bits per heavy atom. The number of allylic oxidation sites excluding steroid dienone is 16. The highest BCUT2D eigenvalue weighted by atomic mass is 16.6. The van der Waals surface area contributed by atoms with E-state index < -0.39 is 6.10 Å². The van der Waals surface area contributed by atoms with Crippen molar-refractivity contribution in [3.05, 3.63) is 97.2 Å². The summed E-state index contributed by atoms with van der Waals surface area (Å²) >= 11 is 0. The Morgan fingerprint density at radius 2 is 0.600 bits per heavy atom. The Hall–Kier alpha value is -3.67. The summed E-state index contributed by atoms with van der Waals surface area (Å²) in [5.41, 5.74) is 0. The molecule has 1 unspecified atom stereocenters. The largest absolute Gasteiger partial charge is 0.462 e. The number of rotatable bonds is 47. The van der Waals surface area contributed by atoms with Gasteiger partial charge in [-0.15, -0.1) is 0 Å². The molecule has 0 saturated carbocycles. The average Bonchev–Trinajstić information content (AvgIpc) is 3.30. The van der Waals surface area contributed by atoms with E-state index in [-0.39, 0.29) is 31.1 Å². The van der Waals surface area contributed by atoms with Crippen molar-refractivity contribution in [3.8, 4) is 0 Å². The van der Waals surface area contributed by atoms with Crippen LogP contribution < -0.4 is 0 Å². The zero-order chi connectivity index (χ0) is 47.2. The maximum atomic E-state index is 12.7. The summed E-state index contributed by atoms with van der Waals surface area (Å²) in [5.74, 6) is -0.922. The number of carbonyl (C=O) groups is 3. The zero-order valence-corrected chi connectivity index (χ0v) is 42.2. The van der Waals surface area contributed by atoms with Crippen molar-refractivity contribution < 1.29 is 28.6 Å². The molecule has 0 radical (unpaired) electrons. The van der Waals surface area contributed by atoms with E-state index in [0.717, 1.165) is 141 Å². The van der Waals surface area contributed by atoms with Crippen LogP contribution in [0.4, 0.5) is 0 Å². The van der Waals surface area contributed by atoms with Gasteiger partial charge in [0.05, 0.1) is 0 Å². The van der Waals surface area contributed by atoms with Crippen molar-refractivity contribution in [2.75, 3.05) is 13.2 Å². The van der Waals surface area contributed by atoms with Gasteiger partial charge in [-0.05, 0) is 109 Å². The lowest BCUT2D eigenvalue weighted by atomic mass is 10.1. The van der Waals surface area contributed by atoms with Gasteiger partial charge in [-0.25, -0.2) is 0 Å². The smallest absolute Gasteiger partial charge is 0.306 e. The van der Waals surface area contributed by atoms with Gasteiger partial charge in [0.2, 0.25) is 0 Å². The van der Waals surface area contributed by atoms with Gasteiger partial charge in [-0.3, -0.25) is 14.4 Å². The Morgan fingerprint density at radius 1 is 0.323 bits per heavy atom. The molecular formula is C59H98O6. The zero-order valence-electron chi connectivity index (χ0n) is 42.2. The van der Waals surface area contributed by atoms with Crippen molar-refractivity contribution in [1.82, 2.24) is 0 Å². The second kappa shape index (κ2) is 52.9. The van der Waals surface area contributed by atoms with E-state index in [1.165, 1.54) is 57.8 Å². The van der Waals surface area contributed by atoms with Gasteiger partial charge in [-0.2, -0.15) is 0 Å². The monoisotopic (exact) mass is 903 g/mol. The minimum Gasteiger partial charge on any atom is -0.462 e. The van der Waals surface area contributed by atoms with Gasteiger partial charge >= 0.3 is 17.9 Å². The van der Waals surface area contributed by atoms with Gasteiger partial charge in [-0.1, -0.05) is 208 Å². The Bertz CT molecular complexity index is 1310. The molecule has 6 heteroatoms. The molecule has 0 bridgehead atoms. The summed E-state index contributed by atoms with van der Waals surface area (Å²) in [4.78, 5) is 37.9. The topological polar surface area (TPSA) is 78.9 Å². The molecule has 0 heterocycles. The van der Waals surface area contributed by atoms with E-state index in [9.17, 15) is 14.4 Å². The number of hydrogen-bond donors (Lipinski definition) is 0. The van der Waals surface area contributed by atoms with Crippen molar-refractivity contribution in [2.45, 2.75) is 245 Å². The highest BCUT2D eigenvalue weighted by molar-refractivity contribution is 5.71. The van der Waals surface area contributed by atoms with Crippen LogP contribution in [-0.4, -0.2) is 37.2 Å². The van der Waals surface area contributed by atoms with Crippen LogP contribution in [0.2, 0.25) is 0 Å². The molecule has 6 nitrogen and oxygen atoms in total. The van der Waals surface area contributed by atoms with E-state index in [0.29, 0.717) is 19.3 Å². The average molecular weight is 903 g/mol. The predicted molar refractivity (Wildman–Crippen MR) is 279 cm³/mol. The van der Waals surface area contributed by atoms with Crippen molar-refractivity contribution in [3.63, 3.8) is 0 Å². The van der Waals surface area contributed by atoms with Crippen LogP contribution in [0.3, 0.4) is 0 Å². The molecule has 0 fully saturated rings. The fourth-order valence-corrected chi connectivity index (χ4v) is 7.04. The SMILES string of the molecule is CC/C=C\C/C=C\C/C=C\C/C=C\C/C=C\C/C=C\CCCCCCCCCCC(=O)OCC(COC(=O)CCCCCCC/C=C\CCC)OC(=O)CCCCCCC/C=C\CCC. The molecule has 0 aliphatic heterocycles. The third-order valence-electron chi connectivity index (χ3n) is 11.0. The van der Waals surface area contributed by atoms with Crippen molar-refractivity contribution in [1.29, 1.82) is 0 Å². The maximum Gasteiger partial charge on any atom is 0.306 e. The lowest BCUT2D eigenvalue weighted by Gasteiger charge is -2.18. The van der Waals surface area contributed by atoms with Gasteiger partial charge < -0.3 is 14.2 Å². The molecule has 0 rings (SSSR count). The molecule has 0 saturated heterocycles. The Balaban J connectivity index is 4.21. The first-order valence-electron chi connectivity index (χ1n) is 26.7. The number of ether oxygens (including phenoxy) is 3. The molecule has 0 aromatic heterocycles. The highest BCUT2D eigenvalue weighted by Crippen LogP contribution is 2.14. The van der Waals surface area contributed by atoms with Gasteiger partial charge in [0, 0.05) is 19.3 Å². The molecule has 0 spiro atoms. The minimum atomic E-state index is -0.787. The van der Waals surface area contributed by atoms with Crippen LogP contribution in [0.15, 0.2) is 97.2 Å². The molecular weight excluding hydrogens is 805 g/mol. The third-order valence-corrected chi connectivity index (χ3v) is 11.0. The first kappa shape index (κ1) is 61.3. The maximum absolute atomic E-state index is 12.7. The van der Waals surface area contributed by atoms with Crippen LogP contribution in [0.5, 0.6) is 0 Å².